The van der Waals surface area contributed by atoms with Crippen LogP contribution in [-0.2, 0) is 4.79 Å². The fourth-order valence-corrected chi connectivity index (χ4v) is 3.59. The molecule has 1 unspecified atom stereocenters. The van der Waals surface area contributed by atoms with Crippen molar-refractivity contribution in [2.24, 2.45) is 0 Å². The Bertz CT molecular complexity index is 696. The standard InChI is InChI=1S/C18H20N2O2S/c1-13-9-10-16(23-13)18(22)19-15(14-6-3-2-4-7-14)12-20-11-5-8-17(20)21/h2-4,6-7,9-10,15H,5,8,11-12H2,1H3,(H,19,22). The number of rotatable bonds is 5. The van der Waals surface area contributed by atoms with E-state index in [0.717, 1.165) is 23.4 Å². The Morgan fingerprint density at radius 2 is 2.04 bits per heavy atom. The van der Waals surface area contributed by atoms with E-state index in [9.17, 15) is 9.59 Å². The van der Waals surface area contributed by atoms with Crippen LogP contribution >= 0.6 is 11.3 Å². The van der Waals surface area contributed by atoms with E-state index in [1.807, 2.05) is 54.3 Å². The molecule has 1 aromatic carbocycles. The van der Waals surface area contributed by atoms with Crippen LogP contribution in [0.2, 0.25) is 0 Å². The second-order valence-corrected chi connectivity index (χ2v) is 7.08. The normalized spacial score (nSPS) is 15.7. The van der Waals surface area contributed by atoms with E-state index < -0.39 is 0 Å². The fourth-order valence-electron chi connectivity index (χ4n) is 2.82. The molecule has 1 saturated heterocycles. The average molecular weight is 328 g/mol. The average Bonchev–Trinajstić information content (AvgIpc) is 3.16. The number of hydrogen-bond acceptors (Lipinski definition) is 3. The van der Waals surface area contributed by atoms with Gasteiger partial charge in [-0.05, 0) is 31.0 Å². The number of benzene rings is 1. The predicted molar refractivity (Wildman–Crippen MR) is 91.5 cm³/mol. The molecule has 2 heterocycles. The largest absolute Gasteiger partial charge is 0.343 e. The number of carbonyl (C=O) groups excluding carboxylic acids is 2. The second kappa shape index (κ2) is 6.96. The summed E-state index contributed by atoms with van der Waals surface area (Å²) >= 11 is 1.48. The van der Waals surface area contributed by atoms with Crippen molar-refractivity contribution in [1.29, 1.82) is 0 Å². The third-order valence-corrected chi connectivity index (χ3v) is 5.05. The Balaban J connectivity index is 1.77. The van der Waals surface area contributed by atoms with Crippen molar-refractivity contribution >= 4 is 23.2 Å². The predicted octanol–water partition coefficient (Wildman–Crippen LogP) is 3.15. The molecule has 0 saturated carbocycles. The molecule has 1 fully saturated rings. The van der Waals surface area contributed by atoms with E-state index in [4.69, 9.17) is 0 Å². The Labute approximate surface area is 140 Å². The lowest BCUT2D eigenvalue weighted by Gasteiger charge is -2.25. The molecule has 0 radical (unpaired) electrons. The SMILES string of the molecule is Cc1ccc(C(=O)NC(CN2CCCC2=O)c2ccccc2)s1. The molecule has 5 heteroatoms. The highest BCUT2D eigenvalue weighted by Gasteiger charge is 2.25. The second-order valence-electron chi connectivity index (χ2n) is 5.79. The van der Waals surface area contributed by atoms with Crippen molar-refractivity contribution in [2.45, 2.75) is 25.8 Å². The summed E-state index contributed by atoms with van der Waals surface area (Å²) in [5.74, 6) is 0.0933. The fraction of sp³-hybridized carbons (Fsp3) is 0.333. The van der Waals surface area contributed by atoms with Crippen molar-refractivity contribution in [3.05, 3.63) is 57.8 Å². The van der Waals surface area contributed by atoms with E-state index in [2.05, 4.69) is 5.32 Å². The minimum absolute atomic E-state index is 0.0800. The van der Waals surface area contributed by atoms with Gasteiger partial charge in [0.1, 0.15) is 0 Å². The Hall–Kier alpha value is -2.14. The number of nitrogens with one attached hydrogen (secondary N) is 1. The van der Waals surface area contributed by atoms with Gasteiger partial charge in [0.2, 0.25) is 5.91 Å². The molecule has 1 aliphatic rings. The van der Waals surface area contributed by atoms with Crippen LogP contribution in [0.5, 0.6) is 0 Å². The number of nitrogens with zero attached hydrogens (tertiary/aromatic N) is 1. The molecular formula is C18H20N2O2S. The van der Waals surface area contributed by atoms with E-state index >= 15 is 0 Å². The highest BCUT2D eigenvalue weighted by Crippen LogP contribution is 2.21. The quantitative estimate of drug-likeness (QED) is 0.916. The van der Waals surface area contributed by atoms with Crippen LogP contribution in [0.1, 0.15) is 39.0 Å². The summed E-state index contributed by atoms with van der Waals surface area (Å²) < 4.78 is 0. The third-order valence-electron chi connectivity index (χ3n) is 4.05. The zero-order valence-electron chi connectivity index (χ0n) is 13.1. The van der Waals surface area contributed by atoms with Crippen LogP contribution in [0.4, 0.5) is 0 Å². The Kier molecular flexibility index (Phi) is 4.76. The van der Waals surface area contributed by atoms with Gasteiger partial charge in [0.15, 0.2) is 0 Å². The van der Waals surface area contributed by atoms with Crippen LogP contribution in [0.3, 0.4) is 0 Å². The molecule has 1 N–H and O–H groups in total. The van der Waals surface area contributed by atoms with Crippen LogP contribution in [0, 0.1) is 6.92 Å². The number of aryl methyl sites for hydroxylation is 1. The summed E-state index contributed by atoms with van der Waals surface area (Å²) in [4.78, 5) is 28.1. The van der Waals surface area contributed by atoms with Crippen molar-refractivity contribution in [2.75, 3.05) is 13.1 Å². The molecule has 120 valence electrons. The van der Waals surface area contributed by atoms with Crippen molar-refractivity contribution in [1.82, 2.24) is 10.2 Å². The van der Waals surface area contributed by atoms with Gasteiger partial charge < -0.3 is 10.2 Å². The molecule has 2 aromatic rings. The smallest absolute Gasteiger partial charge is 0.261 e. The summed E-state index contributed by atoms with van der Waals surface area (Å²) in [7, 11) is 0. The molecular weight excluding hydrogens is 308 g/mol. The van der Waals surface area contributed by atoms with Crippen LogP contribution in [0.25, 0.3) is 0 Å². The highest BCUT2D eigenvalue weighted by molar-refractivity contribution is 7.13. The molecule has 4 nitrogen and oxygen atoms in total. The van der Waals surface area contributed by atoms with Crippen LogP contribution < -0.4 is 5.32 Å². The summed E-state index contributed by atoms with van der Waals surface area (Å²) in [6.07, 6.45) is 1.51. The number of amides is 2. The van der Waals surface area contributed by atoms with Gasteiger partial charge in [-0.3, -0.25) is 9.59 Å². The van der Waals surface area contributed by atoms with Crippen LogP contribution in [0.15, 0.2) is 42.5 Å². The molecule has 1 aliphatic heterocycles. The summed E-state index contributed by atoms with van der Waals surface area (Å²) in [6, 6.07) is 13.4. The summed E-state index contributed by atoms with van der Waals surface area (Å²) in [5, 5.41) is 3.09. The number of thiophene rings is 1. The lowest BCUT2D eigenvalue weighted by Crippen LogP contribution is -2.38. The van der Waals surface area contributed by atoms with Gasteiger partial charge in [-0.15, -0.1) is 11.3 Å². The van der Waals surface area contributed by atoms with Gasteiger partial charge in [0.05, 0.1) is 10.9 Å². The molecule has 1 aromatic heterocycles. The van der Waals surface area contributed by atoms with Crippen molar-refractivity contribution < 1.29 is 9.59 Å². The molecule has 23 heavy (non-hydrogen) atoms. The molecule has 1 atom stereocenters. The van der Waals surface area contributed by atoms with E-state index in [0.29, 0.717) is 17.8 Å². The molecule has 0 spiro atoms. The van der Waals surface area contributed by atoms with Gasteiger partial charge >= 0.3 is 0 Å². The first-order valence-electron chi connectivity index (χ1n) is 7.83. The number of likely N-dealkylation sites (tertiary alicyclic amines) is 1. The summed E-state index contributed by atoms with van der Waals surface area (Å²) in [6.45, 7) is 3.29. The first-order valence-corrected chi connectivity index (χ1v) is 8.65. The lowest BCUT2D eigenvalue weighted by atomic mass is 10.1. The zero-order chi connectivity index (χ0) is 16.2. The van der Waals surface area contributed by atoms with Gasteiger partial charge in [-0.1, -0.05) is 30.3 Å². The Morgan fingerprint density at radius 1 is 1.26 bits per heavy atom. The van der Waals surface area contributed by atoms with Gasteiger partial charge in [-0.2, -0.15) is 0 Å². The maximum absolute atomic E-state index is 12.5. The number of carbonyl (C=O) groups is 2. The van der Waals surface area contributed by atoms with Gasteiger partial charge in [0.25, 0.3) is 5.91 Å². The first-order chi connectivity index (χ1) is 11.1. The monoisotopic (exact) mass is 328 g/mol. The minimum Gasteiger partial charge on any atom is -0.343 e. The minimum atomic E-state index is -0.187. The molecule has 0 bridgehead atoms. The van der Waals surface area contributed by atoms with E-state index in [1.165, 1.54) is 11.3 Å². The Morgan fingerprint density at radius 3 is 2.65 bits per heavy atom. The molecule has 0 aliphatic carbocycles. The third kappa shape index (κ3) is 3.79. The first kappa shape index (κ1) is 15.7. The number of hydrogen-bond donors (Lipinski definition) is 1. The van der Waals surface area contributed by atoms with Crippen LogP contribution in [-0.4, -0.2) is 29.8 Å². The van der Waals surface area contributed by atoms with E-state index in [-0.39, 0.29) is 17.9 Å². The zero-order valence-corrected chi connectivity index (χ0v) is 13.9. The van der Waals surface area contributed by atoms with E-state index in [1.54, 1.807) is 0 Å². The maximum Gasteiger partial charge on any atom is 0.261 e. The molecule has 2 amide bonds. The van der Waals surface area contributed by atoms with Gasteiger partial charge in [-0.25, -0.2) is 0 Å². The van der Waals surface area contributed by atoms with Crippen molar-refractivity contribution in [3.8, 4) is 0 Å². The highest BCUT2D eigenvalue weighted by atomic mass is 32.1. The topological polar surface area (TPSA) is 49.4 Å². The molecule has 3 rings (SSSR count). The lowest BCUT2D eigenvalue weighted by molar-refractivity contribution is -0.128. The van der Waals surface area contributed by atoms with Gasteiger partial charge in [0, 0.05) is 24.4 Å². The van der Waals surface area contributed by atoms with Crippen molar-refractivity contribution in [3.63, 3.8) is 0 Å². The summed E-state index contributed by atoms with van der Waals surface area (Å²) in [5.41, 5.74) is 1.02. The maximum atomic E-state index is 12.5.